The van der Waals surface area contributed by atoms with Gasteiger partial charge in [0, 0.05) is 39.1 Å². The van der Waals surface area contributed by atoms with Gasteiger partial charge in [-0.15, -0.1) is 12.4 Å². The molecule has 0 aromatic rings. The third-order valence-electron chi connectivity index (χ3n) is 5.55. The van der Waals surface area contributed by atoms with E-state index in [9.17, 15) is 9.59 Å². The summed E-state index contributed by atoms with van der Waals surface area (Å²) in [7, 11) is 0. The predicted octanol–water partition coefficient (Wildman–Crippen LogP) is 0.237. The number of ether oxygens (including phenoxy) is 1. The van der Waals surface area contributed by atoms with Crippen LogP contribution in [0.2, 0.25) is 0 Å². The summed E-state index contributed by atoms with van der Waals surface area (Å²) in [6, 6.07) is 0.00541. The number of nitrogens with zero attached hydrogens (tertiary/aromatic N) is 2. The maximum absolute atomic E-state index is 12.3. The predicted molar refractivity (Wildman–Crippen MR) is 102 cm³/mol. The number of rotatable bonds is 6. The van der Waals surface area contributed by atoms with Crippen molar-refractivity contribution in [2.45, 2.75) is 38.1 Å². The smallest absolute Gasteiger partial charge is 0.237 e. The average Bonchev–Trinajstić information content (AvgIpc) is 3.20. The van der Waals surface area contributed by atoms with E-state index < -0.39 is 0 Å². The standard InChI is InChI=1S/C18H32N4O3.ClH/c23-17(22-9-11-25-12-10-22)5-8-21-7-2-3-15(14-21)13-20-18(24)16-4-1-6-19-16;/h15-16,19H,1-14H2,(H,20,24);1H. The molecule has 0 bridgehead atoms. The van der Waals surface area contributed by atoms with E-state index in [1.807, 2.05) is 4.90 Å². The topological polar surface area (TPSA) is 73.9 Å². The van der Waals surface area contributed by atoms with Crippen LogP contribution in [0.1, 0.15) is 32.1 Å². The summed E-state index contributed by atoms with van der Waals surface area (Å²) in [6.07, 6.45) is 4.93. The van der Waals surface area contributed by atoms with Crippen LogP contribution in [0.5, 0.6) is 0 Å². The van der Waals surface area contributed by atoms with Gasteiger partial charge in [-0.2, -0.15) is 0 Å². The molecule has 2 unspecified atom stereocenters. The van der Waals surface area contributed by atoms with Crippen LogP contribution in [0, 0.1) is 5.92 Å². The molecule has 0 saturated carbocycles. The fourth-order valence-corrected chi connectivity index (χ4v) is 4.02. The van der Waals surface area contributed by atoms with Gasteiger partial charge in [0.2, 0.25) is 11.8 Å². The average molecular weight is 389 g/mol. The van der Waals surface area contributed by atoms with Crippen molar-refractivity contribution in [2.75, 3.05) is 59.0 Å². The van der Waals surface area contributed by atoms with Gasteiger partial charge in [-0.3, -0.25) is 9.59 Å². The number of hydrogen-bond donors (Lipinski definition) is 2. The Hall–Kier alpha value is -0.890. The Morgan fingerprint density at radius 2 is 1.92 bits per heavy atom. The molecule has 3 saturated heterocycles. The molecule has 3 aliphatic heterocycles. The van der Waals surface area contributed by atoms with Crippen molar-refractivity contribution >= 4 is 24.2 Å². The fourth-order valence-electron chi connectivity index (χ4n) is 4.02. The minimum absolute atomic E-state index is 0. The van der Waals surface area contributed by atoms with Crippen LogP contribution in [0.4, 0.5) is 0 Å². The van der Waals surface area contributed by atoms with Crippen molar-refractivity contribution in [3.05, 3.63) is 0 Å². The lowest BCUT2D eigenvalue weighted by molar-refractivity contribution is -0.135. The van der Waals surface area contributed by atoms with Crippen LogP contribution >= 0.6 is 12.4 Å². The molecule has 2 amide bonds. The van der Waals surface area contributed by atoms with Crippen LogP contribution in [0.15, 0.2) is 0 Å². The molecule has 0 aliphatic carbocycles. The highest BCUT2D eigenvalue weighted by molar-refractivity contribution is 5.85. The normalized spacial score (nSPS) is 27.0. The van der Waals surface area contributed by atoms with Crippen molar-refractivity contribution in [1.29, 1.82) is 0 Å². The number of halogens is 1. The van der Waals surface area contributed by atoms with E-state index >= 15 is 0 Å². The Balaban J connectivity index is 0.00000243. The molecule has 3 rings (SSSR count). The monoisotopic (exact) mass is 388 g/mol. The number of piperidine rings is 1. The minimum Gasteiger partial charge on any atom is -0.378 e. The molecule has 2 atom stereocenters. The van der Waals surface area contributed by atoms with Gasteiger partial charge in [-0.05, 0) is 44.7 Å². The van der Waals surface area contributed by atoms with Crippen molar-refractivity contribution < 1.29 is 14.3 Å². The van der Waals surface area contributed by atoms with Crippen LogP contribution in [0.3, 0.4) is 0 Å². The highest BCUT2D eigenvalue weighted by Crippen LogP contribution is 2.16. The molecule has 0 radical (unpaired) electrons. The van der Waals surface area contributed by atoms with Crippen molar-refractivity contribution in [3.8, 4) is 0 Å². The van der Waals surface area contributed by atoms with E-state index in [1.54, 1.807) is 0 Å². The van der Waals surface area contributed by atoms with E-state index in [-0.39, 0.29) is 30.3 Å². The highest BCUT2D eigenvalue weighted by Gasteiger charge is 2.25. The maximum atomic E-state index is 12.3. The van der Waals surface area contributed by atoms with Gasteiger partial charge in [0.15, 0.2) is 0 Å². The second kappa shape index (κ2) is 11.1. The molecular formula is C18H33ClN4O3. The summed E-state index contributed by atoms with van der Waals surface area (Å²) in [5, 5.41) is 6.36. The molecule has 150 valence electrons. The Labute approximate surface area is 162 Å². The fraction of sp³-hybridized carbons (Fsp3) is 0.889. The van der Waals surface area contributed by atoms with Gasteiger partial charge in [0.1, 0.15) is 0 Å². The number of nitrogens with one attached hydrogen (secondary N) is 2. The first kappa shape index (κ1) is 21.4. The quantitative estimate of drug-likeness (QED) is 0.681. The first-order valence-electron chi connectivity index (χ1n) is 9.81. The first-order valence-corrected chi connectivity index (χ1v) is 9.81. The van der Waals surface area contributed by atoms with Crippen LogP contribution in [-0.2, 0) is 14.3 Å². The van der Waals surface area contributed by atoms with Gasteiger partial charge in [0.05, 0.1) is 19.3 Å². The van der Waals surface area contributed by atoms with Gasteiger partial charge in [-0.1, -0.05) is 0 Å². The third kappa shape index (κ3) is 6.37. The summed E-state index contributed by atoms with van der Waals surface area (Å²) in [6.45, 7) is 7.34. The van der Waals surface area contributed by atoms with Gasteiger partial charge in [-0.25, -0.2) is 0 Å². The molecule has 0 aromatic carbocycles. The molecule has 8 heteroatoms. The van der Waals surface area contributed by atoms with Gasteiger partial charge in [0.25, 0.3) is 0 Å². The first-order chi connectivity index (χ1) is 12.2. The maximum Gasteiger partial charge on any atom is 0.237 e. The van der Waals surface area contributed by atoms with E-state index in [0.717, 1.165) is 71.5 Å². The molecule has 2 N–H and O–H groups in total. The van der Waals surface area contributed by atoms with Gasteiger partial charge < -0.3 is 25.2 Å². The summed E-state index contributed by atoms with van der Waals surface area (Å²) >= 11 is 0. The van der Waals surface area contributed by atoms with Crippen LogP contribution in [-0.4, -0.2) is 86.7 Å². The summed E-state index contributed by atoms with van der Waals surface area (Å²) < 4.78 is 5.30. The lowest BCUT2D eigenvalue weighted by atomic mass is 9.97. The molecule has 3 aliphatic rings. The van der Waals surface area contributed by atoms with E-state index in [4.69, 9.17) is 4.74 Å². The molecule has 0 spiro atoms. The summed E-state index contributed by atoms with van der Waals surface area (Å²) in [5.41, 5.74) is 0. The van der Waals surface area contributed by atoms with Crippen LogP contribution < -0.4 is 10.6 Å². The van der Waals surface area contributed by atoms with Crippen molar-refractivity contribution in [1.82, 2.24) is 20.4 Å². The van der Waals surface area contributed by atoms with E-state index in [1.165, 1.54) is 0 Å². The van der Waals surface area contributed by atoms with Crippen molar-refractivity contribution in [3.63, 3.8) is 0 Å². The number of amides is 2. The van der Waals surface area contributed by atoms with Crippen LogP contribution in [0.25, 0.3) is 0 Å². The Kier molecular flexibility index (Phi) is 9.11. The zero-order chi connectivity index (χ0) is 17.5. The zero-order valence-electron chi connectivity index (χ0n) is 15.6. The zero-order valence-corrected chi connectivity index (χ0v) is 16.4. The molecule has 3 heterocycles. The second-order valence-electron chi connectivity index (χ2n) is 7.45. The lowest BCUT2D eigenvalue weighted by Gasteiger charge is -2.33. The second-order valence-corrected chi connectivity index (χ2v) is 7.45. The highest BCUT2D eigenvalue weighted by atomic mass is 35.5. The van der Waals surface area contributed by atoms with Crippen molar-refractivity contribution in [2.24, 2.45) is 5.92 Å². The Morgan fingerprint density at radius 1 is 1.12 bits per heavy atom. The number of morpholine rings is 1. The minimum atomic E-state index is 0. The summed E-state index contributed by atoms with van der Waals surface area (Å²) in [5.74, 6) is 0.890. The van der Waals surface area contributed by atoms with E-state index in [0.29, 0.717) is 25.6 Å². The molecule has 0 aromatic heterocycles. The third-order valence-corrected chi connectivity index (χ3v) is 5.55. The number of carbonyl (C=O) groups excluding carboxylic acids is 2. The Morgan fingerprint density at radius 3 is 2.65 bits per heavy atom. The molecule has 7 nitrogen and oxygen atoms in total. The van der Waals surface area contributed by atoms with Gasteiger partial charge >= 0.3 is 0 Å². The van der Waals surface area contributed by atoms with E-state index in [2.05, 4.69) is 15.5 Å². The molecular weight excluding hydrogens is 356 g/mol. The Bertz CT molecular complexity index is 454. The molecule has 3 fully saturated rings. The largest absolute Gasteiger partial charge is 0.378 e. The number of likely N-dealkylation sites (tertiary alicyclic amines) is 1. The SMILES string of the molecule is Cl.O=C(NCC1CCCN(CCC(=O)N2CCOCC2)C1)C1CCCN1. The number of hydrogen-bond acceptors (Lipinski definition) is 5. The lowest BCUT2D eigenvalue weighted by Crippen LogP contribution is -2.46. The summed E-state index contributed by atoms with van der Waals surface area (Å²) in [4.78, 5) is 28.7. The number of carbonyl (C=O) groups is 2. The molecule has 26 heavy (non-hydrogen) atoms.